The summed E-state index contributed by atoms with van der Waals surface area (Å²) in [4.78, 5) is 23.9. The molecule has 0 aliphatic carbocycles. The third kappa shape index (κ3) is 26.0. The largest absolute Gasteiger partial charge is 0.466 e. The van der Waals surface area contributed by atoms with E-state index in [-0.39, 0.29) is 5.97 Å². The highest BCUT2D eigenvalue weighted by Gasteiger charge is 2.05. The molecule has 0 aromatic heterocycles. The minimum Gasteiger partial charge on any atom is -0.466 e. The van der Waals surface area contributed by atoms with Crippen molar-refractivity contribution < 1.29 is 14.3 Å². The van der Waals surface area contributed by atoms with Crippen LogP contribution in [-0.2, 0) is 14.3 Å². The van der Waals surface area contributed by atoms with Crippen LogP contribution in [0.3, 0.4) is 0 Å². The Hall–Kier alpha value is -0.860. The highest BCUT2D eigenvalue weighted by atomic mass is 16.5. The van der Waals surface area contributed by atoms with E-state index in [9.17, 15) is 9.59 Å². The van der Waals surface area contributed by atoms with Crippen LogP contribution < -0.4 is 0 Å². The normalized spacial score (nSPS) is 11.3. The Balaban J connectivity index is 3.31. The molecule has 3 heteroatoms. The summed E-state index contributed by atoms with van der Waals surface area (Å²) in [6.07, 6.45) is 29.2. The summed E-state index contributed by atoms with van der Waals surface area (Å²) in [6.45, 7) is 7.43. The second-order valence-corrected chi connectivity index (χ2v) is 10.8. The Labute approximate surface area is 219 Å². The summed E-state index contributed by atoms with van der Waals surface area (Å²) in [6, 6.07) is 0. The minimum atomic E-state index is -0.0336. The van der Waals surface area contributed by atoms with Gasteiger partial charge in [-0.15, -0.1) is 0 Å². The number of hydrogen-bond donors (Lipinski definition) is 0. The van der Waals surface area contributed by atoms with Crippen molar-refractivity contribution in [1.82, 2.24) is 0 Å². The molecule has 0 N–H and O–H groups in total. The summed E-state index contributed by atoms with van der Waals surface area (Å²) < 4.78 is 5.38. The highest BCUT2D eigenvalue weighted by molar-refractivity contribution is 5.78. The van der Waals surface area contributed by atoms with E-state index in [2.05, 4.69) is 20.8 Å². The first kappa shape index (κ1) is 34.1. The molecule has 0 aliphatic heterocycles. The third-order valence-electron chi connectivity index (χ3n) is 7.57. The Bertz CT molecular complexity index is 456. The molecule has 0 saturated carbocycles. The van der Waals surface area contributed by atoms with Gasteiger partial charge in [-0.05, 0) is 31.6 Å². The average Bonchev–Trinajstić information content (AvgIpc) is 2.86. The Kier molecular flexibility index (Phi) is 27.0. The van der Waals surface area contributed by atoms with E-state index in [0.29, 0.717) is 18.8 Å². The molecule has 208 valence electrons. The summed E-state index contributed by atoms with van der Waals surface area (Å²) in [5.74, 6) is 1.31. The fraction of sp³-hybridized carbons (Fsp3) is 0.938. The van der Waals surface area contributed by atoms with Gasteiger partial charge in [0.25, 0.3) is 0 Å². The Morgan fingerprint density at radius 2 is 0.943 bits per heavy atom. The fourth-order valence-electron chi connectivity index (χ4n) is 4.90. The molecule has 0 spiro atoms. The van der Waals surface area contributed by atoms with E-state index in [1.54, 1.807) is 0 Å². The molecule has 0 saturated heterocycles. The monoisotopic (exact) mass is 494 g/mol. The zero-order valence-electron chi connectivity index (χ0n) is 24.2. The average molecular weight is 495 g/mol. The van der Waals surface area contributed by atoms with E-state index < -0.39 is 0 Å². The number of ketones is 1. The van der Waals surface area contributed by atoms with Gasteiger partial charge in [0.15, 0.2) is 0 Å². The number of carbonyl (C=O) groups excluding carboxylic acids is 2. The molecule has 0 radical (unpaired) electrons. The second-order valence-electron chi connectivity index (χ2n) is 10.8. The van der Waals surface area contributed by atoms with Crippen LogP contribution >= 0.6 is 0 Å². The fourth-order valence-corrected chi connectivity index (χ4v) is 4.90. The van der Waals surface area contributed by atoms with Crippen LogP contribution in [0.25, 0.3) is 0 Å². The van der Waals surface area contributed by atoms with Crippen molar-refractivity contribution in [2.24, 2.45) is 5.92 Å². The molecule has 0 aromatic rings. The number of carbonyl (C=O) groups is 2. The minimum absolute atomic E-state index is 0.0336. The summed E-state index contributed by atoms with van der Waals surface area (Å²) >= 11 is 0. The van der Waals surface area contributed by atoms with E-state index in [1.165, 1.54) is 96.3 Å². The van der Waals surface area contributed by atoms with Crippen molar-refractivity contribution in [2.75, 3.05) is 6.61 Å². The van der Waals surface area contributed by atoms with Crippen LogP contribution in [0.4, 0.5) is 0 Å². The van der Waals surface area contributed by atoms with Crippen LogP contribution in [-0.4, -0.2) is 18.4 Å². The highest BCUT2D eigenvalue weighted by Crippen LogP contribution is 2.17. The standard InChI is InChI=1S/C32H62O3/c1-4-7-8-9-10-11-12-13-15-21-26-31(33)27-22-16-14-17-23-28-32(34)35-29-24-19-18-20-25-30(5-2)6-3/h30H,4-29H2,1-3H3. The zero-order chi connectivity index (χ0) is 25.8. The maximum absolute atomic E-state index is 12.0. The van der Waals surface area contributed by atoms with Crippen molar-refractivity contribution >= 4 is 11.8 Å². The Morgan fingerprint density at radius 1 is 0.514 bits per heavy atom. The number of ether oxygens (including phenoxy) is 1. The quantitative estimate of drug-likeness (QED) is 0.0802. The van der Waals surface area contributed by atoms with Crippen LogP contribution in [0.15, 0.2) is 0 Å². The molecule has 0 aliphatic rings. The first-order valence-corrected chi connectivity index (χ1v) is 15.8. The summed E-state index contributed by atoms with van der Waals surface area (Å²) in [5, 5.41) is 0. The number of esters is 1. The van der Waals surface area contributed by atoms with Gasteiger partial charge in [-0.1, -0.05) is 136 Å². The lowest BCUT2D eigenvalue weighted by molar-refractivity contribution is -0.143. The number of Topliss-reactive ketones (excluding diaryl/α,β-unsaturated/α-hetero) is 1. The topological polar surface area (TPSA) is 43.4 Å². The molecule has 0 heterocycles. The van der Waals surface area contributed by atoms with Gasteiger partial charge in [-0.25, -0.2) is 0 Å². The van der Waals surface area contributed by atoms with Crippen molar-refractivity contribution in [3.8, 4) is 0 Å². The summed E-state index contributed by atoms with van der Waals surface area (Å²) in [7, 11) is 0. The first-order valence-electron chi connectivity index (χ1n) is 15.8. The molecule has 3 nitrogen and oxygen atoms in total. The predicted octanol–water partition coefficient (Wildman–Crippen LogP) is 10.5. The lowest BCUT2D eigenvalue weighted by Gasteiger charge is -2.11. The number of unbranched alkanes of at least 4 members (excludes halogenated alkanes) is 16. The molecular formula is C32H62O3. The molecule has 0 fully saturated rings. The molecule has 35 heavy (non-hydrogen) atoms. The Morgan fingerprint density at radius 3 is 1.46 bits per heavy atom. The van der Waals surface area contributed by atoms with Gasteiger partial charge >= 0.3 is 5.97 Å². The molecule has 0 amide bonds. The molecule has 0 rings (SSSR count). The predicted molar refractivity (Wildman–Crippen MR) is 152 cm³/mol. The maximum atomic E-state index is 12.0. The SMILES string of the molecule is CCCCCCCCCCCCC(=O)CCCCCCCC(=O)OCCCCCCC(CC)CC. The molecule has 0 unspecified atom stereocenters. The van der Waals surface area contributed by atoms with E-state index in [0.717, 1.165) is 63.7 Å². The second kappa shape index (κ2) is 27.7. The van der Waals surface area contributed by atoms with Gasteiger partial charge in [-0.3, -0.25) is 9.59 Å². The maximum Gasteiger partial charge on any atom is 0.305 e. The van der Waals surface area contributed by atoms with Crippen molar-refractivity contribution in [1.29, 1.82) is 0 Å². The van der Waals surface area contributed by atoms with E-state index in [4.69, 9.17) is 4.74 Å². The number of hydrogen-bond acceptors (Lipinski definition) is 3. The van der Waals surface area contributed by atoms with Gasteiger partial charge in [0.05, 0.1) is 6.61 Å². The molecule has 0 aromatic carbocycles. The van der Waals surface area contributed by atoms with Crippen LogP contribution in [0.2, 0.25) is 0 Å². The molecule has 0 bridgehead atoms. The summed E-state index contributed by atoms with van der Waals surface area (Å²) in [5.41, 5.74) is 0. The molecule has 0 atom stereocenters. The van der Waals surface area contributed by atoms with Crippen molar-refractivity contribution in [3.05, 3.63) is 0 Å². The van der Waals surface area contributed by atoms with Crippen molar-refractivity contribution in [3.63, 3.8) is 0 Å². The third-order valence-corrected chi connectivity index (χ3v) is 7.57. The van der Waals surface area contributed by atoms with Crippen LogP contribution in [0.1, 0.15) is 181 Å². The van der Waals surface area contributed by atoms with Crippen LogP contribution in [0, 0.1) is 5.92 Å². The van der Waals surface area contributed by atoms with Gasteiger partial charge < -0.3 is 4.74 Å². The van der Waals surface area contributed by atoms with Gasteiger partial charge in [-0.2, -0.15) is 0 Å². The van der Waals surface area contributed by atoms with E-state index in [1.807, 2.05) is 0 Å². The zero-order valence-corrected chi connectivity index (χ0v) is 24.2. The van der Waals surface area contributed by atoms with Gasteiger partial charge in [0.2, 0.25) is 0 Å². The smallest absolute Gasteiger partial charge is 0.305 e. The number of rotatable bonds is 28. The van der Waals surface area contributed by atoms with Crippen LogP contribution in [0.5, 0.6) is 0 Å². The van der Waals surface area contributed by atoms with Gasteiger partial charge in [0.1, 0.15) is 5.78 Å². The molecular weight excluding hydrogens is 432 g/mol. The lowest BCUT2D eigenvalue weighted by atomic mass is 9.96. The lowest BCUT2D eigenvalue weighted by Crippen LogP contribution is -2.05. The first-order chi connectivity index (χ1) is 17.1. The van der Waals surface area contributed by atoms with Crippen molar-refractivity contribution in [2.45, 2.75) is 181 Å². The van der Waals surface area contributed by atoms with Gasteiger partial charge in [0, 0.05) is 19.3 Å². The van der Waals surface area contributed by atoms with E-state index >= 15 is 0 Å².